The second kappa shape index (κ2) is 3.02. The maximum atomic E-state index is 12.8. The fourth-order valence-electron chi connectivity index (χ4n) is 1.74. The summed E-state index contributed by atoms with van der Waals surface area (Å²) < 4.78 is 18.2. The molecule has 0 bridgehead atoms. The van der Waals surface area contributed by atoms with Gasteiger partial charge in [-0.3, -0.25) is 0 Å². The molecule has 1 aromatic carbocycles. The van der Waals surface area contributed by atoms with Crippen LogP contribution in [-0.4, -0.2) is 16.6 Å². The number of hydrogen-bond acceptors (Lipinski definition) is 3. The van der Waals surface area contributed by atoms with Crippen molar-refractivity contribution in [3.8, 4) is 11.5 Å². The first-order valence-corrected chi connectivity index (χ1v) is 6.80. The second-order valence-electron chi connectivity index (χ2n) is 4.81. The molecule has 0 aliphatic carbocycles. The van der Waals surface area contributed by atoms with E-state index in [1.54, 1.807) is 18.2 Å². The smallest absolute Gasteiger partial charge is 0.163 e. The molecule has 0 aromatic heterocycles. The van der Waals surface area contributed by atoms with Gasteiger partial charge in [-0.15, -0.1) is 0 Å². The van der Waals surface area contributed by atoms with Crippen LogP contribution in [0.5, 0.6) is 11.5 Å². The molecule has 1 N–H and O–H groups in total. The maximum Gasteiger partial charge on any atom is 0.163 e. The number of rotatable bonds is 0. The van der Waals surface area contributed by atoms with E-state index in [2.05, 4.69) is 0 Å². The molecule has 2 rings (SSSR count). The van der Waals surface area contributed by atoms with Crippen LogP contribution in [0, 0.1) is 0 Å². The molecule has 1 aliphatic heterocycles. The summed E-state index contributed by atoms with van der Waals surface area (Å²) in [6.07, 6.45) is 0.198. The van der Waals surface area contributed by atoms with Crippen molar-refractivity contribution in [2.75, 3.05) is 6.35 Å². The highest BCUT2D eigenvalue weighted by molar-refractivity contribution is 7.73. The van der Waals surface area contributed by atoms with E-state index in [9.17, 15) is 9.67 Å². The SMILES string of the molecule is CC(C)(C)[P@]1(=O)COc2cccc(O)c21. The fourth-order valence-corrected chi connectivity index (χ4v) is 4.19. The lowest BCUT2D eigenvalue weighted by Crippen LogP contribution is -2.22. The van der Waals surface area contributed by atoms with Crippen LogP contribution in [0.25, 0.3) is 0 Å². The molecule has 0 unspecified atom stereocenters. The molecule has 0 radical (unpaired) electrons. The van der Waals surface area contributed by atoms with E-state index in [0.717, 1.165) is 0 Å². The van der Waals surface area contributed by atoms with Crippen LogP contribution >= 0.6 is 7.14 Å². The highest BCUT2D eigenvalue weighted by atomic mass is 31.2. The summed E-state index contributed by atoms with van der Waals surface area (Å²) in [6.45, 7) is 5.75. The number of benzene rings is 1. The minimum atomic E-state index is -2.65. The Balaban J connectivity index is 2.68. The first kappa shape index (κ1) is 10.6. The van der Waals surface area contributed by atoms with E-state index in [4.69, 9.17) is 4.74 Å². The van der Waals surface area contributed by atoms with E-state index >= 15 is 0 Å². The molecular formula is C11H15O3P. The van der Waals surface area contributed by atoms with E-state index in [0.29, 0.717) is 11.1 Å². The lowest BCUT2D eigenvalue weighted by Gasteiger charge is -2.26. The lowest BCUT2D eigenvalue weighted by atomic mass is 10.3. The summed E-state index contributed by atoms with van der Waals surface area (Å²) in [6, 6.07) is 5.01. The molecule has 4 heteroatoms. The van der Waals surface area contributed by atoms with Crippen LogP contribution in [0.2, 0.25) is 0 Å². The van der Waals surface area contributed by atoms with E-state index < -0.39 is 7.14 Å². The van der Waals surface area contributed by atoms with E-state index in [-0.39, 0.29) is 17.3 Å². The number of phenolic OH excluding ortho intramolecular Hbond substituents is 1. The van der Waals surface area contributed by atoms with Crippen molar-refractivity contribution < 1.29 is 14.4 Å². The van der Waals surface area contributed by atoms with Gasteiger partial charge in [-0.1, -0.05) is 26.8 Å². The molecule has 0 spiro atoms. The number of aromatic hydroxyl groups is 1. The maximum absolute atomic E-state index is 12.8. The zero-order valence-electron chi connectivity index (χ0n) is 9.15. The molecule has 1 atom stereocenters. The molecule has 15 heavy (non-hydrogen) atoms. The van der Waals surface area contributed by atoms with Gasteiger partial charge in [0.15, 0.2) is 7.14 Å². The van der Waals surface area contributed by atoms with Gasteiger partial charge in [0.1, 0.15) is 17.8 Å². The van der Waals surface area contributed by atoms with Crippen molar-refractivity contribution in [3.63, 3.8) is 0 Å². The minimum Gasteiger partial charge on any atom is -0.507 e. The summed E-state index contributed by atoms with van der Waals surface area (Å²) in [5, 5.41) is 9.91. The second-order valence-corrected chi connectivity index (χ2v) is 8.33. The van der Waals surface area contributed by atoms with Gasteiger partial charge in [0.05, 0.1) is 5.30 Å². The van der Waals surface area contributed by atoms with Crippen molar-refractivity contribution in [2.24, 2.45) is 0 Å². The Morgan fingerprint density at radius 2 is 2.07 bits per heavy atom. The number of ether oxygens (including phenoxy) is 1. The van der Waals surface area contributed by atoms with Gasteiger partial charge in [-0.25, -0.2) is 0 Å². The molecular weight excluding hydrogens is 211 g/mol. The number of hydrogen-bond donors (Lipinski definition) is 1. The minimum absolute atomic E-state index is 0.0864. The molecule has 0 saturated carbocycles. The summed E-state index contributed by atoms with van der Waals surface area (Å²) in [4.78, 5) is 0. The molecule has 0 amide bonds. The third-order valence-electron chi connectivity index (χ3n) is 2.82. The first-order valence-electron chi connectivity index (χ1n) is 4.91. The summed E-state index contributed by atoms with van der Waals surface area (Å²) in [5.74, 6) is 0.650. The lowest BCUT2D eigenvalue weighted by molar-refractivity contribution is 0.388. The summed E-state index contributed by atoms with van der Waals surface area (Å²) in [7, 11) is -2.65. The first-order chi connectivity index (χ1) is 6.86. The van der Waals surface area contributed by atoms with Crippen molar-refractivity contribution >= 4 is 12.4 Å². The Morgan fingerprint density at radius 3 is 2.67 bits per heavy atom. The van der Waals surface area contributed by atoms with Crippen LogP contribution in [0.15, 0.2) is 18.2 Å². The normalized spacial score (nSPS) is 24.7. The zero-order valence-corrected chi connectivity index (χ0v) is 10.0. The van der Waals surface area contributed by atoms with Gasteiger partial charge in [0, 0.05) is 5.16 Å². The number of fused-ring (bicyclic) bond motifs is 1. The average Bonchev–Trinajstić information content (AvgIpc) is 2.45. The van der Waals surface area contributed by atoms with E-state index in [1.165, 1.54) is 0 Å². The van der Waals surface area contributed by atoms with Gasteiger partial charge in [0.25, 0.3) is 0 Å². The predicted molar refractivity (Wildman–Crippen MR) is 60.6 cm³/mol. The molecule has 82 valence electrons. The Labute approximate surface area is 89.4 Å². The highest BCUT2D eigenvalue weighted by Gasteiger charge is 2.46. The Bertz CT molecular complexity index is 446. The molecule has 1 heterocycles. The summed E-state index contributed by atoms with van der Waals surface area (Å²) in [5.41, 5.74) is 0. The van der Waals surface area contributed by atoms with E-state index in [1.807, 2.05) is 20.8 Å². The third kappa shape index (κ3) is 1.37. The Kier molecular flexibility index (Phi) is 2.13. The third-order valence-corrected chi connectivity index (χ3v) is 6.66. The van der Waals surface area contributed by atoms with Gasteiger partial charge < -0.3 is 14.4 Å². The number of phenols is 1. The molecule has 0 fully saturated rings. The van der Waals surface area contributed by atoms with Gasteiger partial charge >= 0.3 is 0 Å². The van der Waals surface area contributed by atoms with Crippen LogP contribution in [-0.2, 0) is 4.57 Å². The van der Waals surface area contributed by atoms with Crippen molar-refractivity contribution in [1.82, 2.24) is 0 Å². The van der Waals surface area contributed by atoms with Gasteiger partial charge in [-0.05, 0) is 12.1 Å². The van der Waals surface area contributed by atoms with Crippen LogP contribution in [0.1, 0.15) is 20.8 Å². The van der Waals surface area contributed by atoms with Gasteiger partial charge in [-0.2, -0.15) is 0 Å². The van der Waals surface area contributed by atoms with Crippen LogP contribution < -0.4 is 10.0 Å². The highest BCUT2D eigenvalue weighted by Crippen LogP contribution is 2.62. The van der Waals surface area contributed by atoms with Crippen LogP contribution in [0.4, 0.5) is 0 Å². The fraction of sp³-hybridized carbons (Fsp3) is 0.455. The van der Waals surface area contributed by atoms with Crippen molar-refractivity contribution in [2.45, 2.75) is 25.9 Å². The van der Waals surface area contributed by atoms with Crippen LogP contribution in [0.3, 0.4) is 0 Å². The Morgan fingerprint density at radius 1 is 1.40 bits per heavy atom. The predicted octanol–water partition coefficient (Wildman–Crippen LogP) is 2.53. The summed E-state index contributed by atoms with van der Waals surface area (Å²) >= 11 is 0. The molecule has 3 nitrogen and oxygen atoms in total. The molecule has 1 aliphatic rings. The molecule has 0 saturated heterocycles. The zero-order chi connectivity index (χ0) is 11.3. The van der Waals surface area contributed by atoms with Crippen molar-refractivity contribution in [3.05, 3.63) is 18.2 Å². The standard InChI is InChI=1S/C11H15O3P/c1-11(2,3)15(13)7-14-9-6-4-5-8(12)10(9)15/h4-6,12H,7H2,1-3H3/t15-/m0/s1. The quantitative estimate of drug-likeness (QED) is 0.691. The monoisotopic (exact) mass is 226 g/mol. The van der Waals surface area contributed by atoms with Gasteiger partial charge in [0.2, 0.25) is 0 Å². The average molecular weight is 226 g/mol. The molecule has 1 aromatic rings. The Hall–Kier alpha value is -0.950. The largest absolute Gasteiger partial charge is 0.507 e. The van der Waals surface area contributed by atoms with Crippen molar-refractivity contribution in [1.29, 1.82) is 0 Å². The topological polar surface area (TPSA) is 46.5 Å².